The smallest absolute Gasteiger partial charge is 0.279 e. The van der Waals surface area contributed by atoms with Gasteiger partial charge in [0.15, 0.2) is 5.69 Å². The van der Waals surface area contributed by atoms with Crippen molar-refractivity contribution in [2.24, 2.45) is 0 Å². The van der Waals surface area contributed by atoms with Crippen molar-refractivity contribution in [1.82, 2.24) is 19.9 Å². The van der Waals surface area contributed by atoms with E-state index in [-0.39, 0.29) is 11.4 Å². The summed E-state index contributed by atoms with van der Waals surface area (Å²) in [5.74, 6) is 1.43. The third-order valence-electron chi connectivity index (χ3n) is 4.86. The van der Waals surface area contributed by atoms with Crippen molar-refractivity contribution >= 4 is 10.8 Å². The highest BCUT2D eigenvalue weighted by Crippen LogP contribution is 2.26. The zero-order valence-corrected chi connectivity index (χ0v) is 16.7. The maximum atomic E-state index is 13.2. The van der Waals surface area contributed by atoms with Crippen LogP contribution in [0, 0.1) is 0 Å². The molecule has 0 spiro atoms. The maximum absolute atomic E-state index is 13.2. The van der Waals surface area contributed by atoms with E-state index in [2.05, 4.69) is 15.2 Å². The number of fused-ring (bicyclic) bond motifs is 1. The molecular weight excluding hydrogens is 392 g/mol. The lowest BCUT2D eigenvalue weighted by molar-refractivity contribution is 0.340. The lowest BCUT2D eigenvalue weighted by atomic mass is 10.1. The molecule has 0 N–H and O–H groups in total. The van der Waals surface area contributed by atoms with E-state index in [4.69, 9.17) is 9.26 Å². The fourth-order valence-corrected chi connectivity index (χ4v) is 3.40. The summed E-state index contributed by atoms with van der Waals surface area (Å²) < 4.78 is 12.4. The number of hydrogen-bond donors (Lipinski definition) is 0. The SMILES string of the molecule is CCOc1ccc(-n2nc(-c3nc(-c4ccccc4)no3)c3ccccc3c2=O)cc1. The maximum Gasteiger partial charge on any atom is 0.279 e. The standard InChI is InChI=1S/C24H18N4O3/c1-2-30-18-14-12-17(13-15-18)28-24(29)20-11-7-6-10-19(20)21(26-28)23-25-22(27-31-23)16-8-4-3-5-9-16/h3-15H,2H2,1H3. The molecule has 0 radical (unpaired) electrons. The highest BCUT2D eigenvalue weighted by atomic mass is 16.5. The van der Waals surface area contributed by atoms with Crippen molar-refractivity contribution in [1.29, 1.82) is 0 Å². The summed E-state index contributed by atoms with van der Waals surface area (Å²) >= 11 is 0. The first kappa shape index (κ1) is 18.7. The van der Waals surface area contributed by atoms with Gasteiger partial charge in [-0.15, -0.1) is 0 Å². The molecular formula is C24H18N4O3. The molecule has 5 rings (SSSR count). The van der Waals surface area contributed by atoms with Crippen LogP contribution in [0.15, 0.2) is 88.2 Å². The van der Waals surface area contributed by atoms with E-state index in [1.807, 2.05) is 67.6 Å². The number of nitrogens with zero attached hydrogens (tertiary/aromatic N) is 4. The van der Waals surface area contributed by atoms with Crippen LogP contribution < -0.4 is 10.3 Å². The first-order chi connectivity index (χ1) is 15.2. The normalized spacial score (nSPS) is 11.0. The topological polar surface area (TPSA) is 83.0 Å². The summed E-state index contributed by atoms with van der Waals surface area (Å²) in [6.07, 6.45) is 0. The number of ether oxygens (including phenoxy) is 1. The van der Waals surface area contributed by atoms with Gasteiger partial charge in [-0.05, 0) is 37.3 Å². The molecule has 152 valence electrons. The lowest BCUT2D eigenvalue weighted by Gasteiger charge is -2.10. The second kappa shape index (κ2) is 7.87. The Labute approximate surface area is 177 Å². The number of hydrogen-bond acceptors (Lipinski definition) is 6. The molecule has 7 heteroatoms. The average Bonchev–Trinajstić information content (AvgIpc) is 3.31. The molecule has 0 fully saturated rings. The number of rotatable bonds is 5. The van der Waals surface area contributed by atoms with Gasteiger partial charge < -0.3 is 9.26 Å². The van der Waals surface area contributed by atoms with Crippen LogP contribution in [0.4, 0.5) is 0 Å². The first-order valence-electron chi connectivity index (χ1n) is 9.89. The molecule has 0 atom stereocenters. The van der Waals surface area contributed by atoms with E-state index in [0.29, 0.717) is 34.6 Å². The lowest BCUT2D eigenvalue weighted by Crippen LogP contribution is -2.22. The molecule has 0 saturated heterocycles. The van der Waals surface area contributed by atoms with Crippen molar-refractivity contribution in [3.63, 3.8) is 0 Å². The molecule has 0 aliphatic heterocycles. The van der Waals surface area contributed by atoms with Gasteiger partial charge in [-0.1, -0.05) is 53.7 Å². The molecule has 2 aromatic heterocycles. The van der Waals surface area contributed by atoms with Gasteiger partial charge in [0.05, 0.1) is 17.7 Å². The molecule has 5 aromatic rings. The summed E-state index contributed by atoms with van der Waals surface area (Å²) in [5.41, 5.74) is 1.66. The van der Waals surface area contributed by atoms with Crippen LogP contribution in [0.2, 0.25) is 0 Å². The second-order valence-corrected chi connectivity index (χ2v) is 6.83. The molecule has 2 heterocycles. The summed E-state index contributed by atoms with van der Waals surface area (Å²) in [6.45, 7) is 2.49. The van der Waals surface area contributed by atoms with E-state index < -0.39 is 0 Å². The van der Waals surface area contributed by atoms with Crippen molar-refractivity contribution < 1.29 is 9.26 Å². The molecule has 0 saturated carbocycles. The third kappa shape index (κ3) is 3.46. The Morgan fingerprint density at radius 2 is 1.61 bits per heavy atom. The van der Waals surface area contributed by atoms with E-state index in [0.717, 1.165) is 11.3 Å². The summed E-state index contributed by atoms with van der Waals surface area (Å²) in [4.78, 5) is 17.7. The monoisotopic (exact) mass is 410 g/mol. The van der Waals surface area contributed by atoms with Crippen LogP contribution in [-0.2, 0) is 0 Å². The highest BCUT2D eigenvalue weighted by Gasteiger charge is 2.19. The van der Waals surface area contributed by atoms with Gasteiger partial charge in [0, 0.05) is 10.9 Å². The summed E-state index contributed by atoms with van der Waals surface area (Å²) in [5, 5.41) is 9.85. The predicted octanol–water partition coefficient (Wildman–Crippen LogP) is 4.50. The molecule has 0 aliphatic rings. The molecule has 0 aliphatic carbocycles. The predicted molar refractivity (Wildman–Crippen MR) is 117 cm³/mol. The first-order valence-corrected chi connectivity index (χ1v) is 9.89. The van der Waals surface area contributed by atoms with Gasteiger partial charge in [-0.2, -0.15) is 14.8 Å². The number of benzene rings is 3. The van der Waals surface area contributed by atoms with Gasteiger partial charge >= 0.3 is 0 Å². The minimum absolute atomic E-state index is 0.230. The summed E-state index contributed by atoms with van der Waals surface area (Å²) in [7, 11) is 0. The van der Waals surface area contributed by atoms with E-state index in [1.165, 1.54) is 4.68 Å². The van der Waals surface area contributed by atoms with Crippen LogP contribution >= 0.6 is 0 Å². The highest BCUT2D eigenvalue weighted by molar-refractivity contribution is 5.92. The zero-order valence-electron chi connectivity index (χ0n) is 16.7. The van der Waals surface area contributed by atoms with E-state index >= 15 is 0 Å². The Morgan fingerprint density at radius 3 is 2.35 bits per heavy atom. The van der Waals surface area contributed by atoms with Crippen molar-refractivity contribution in [3.8, 4) is 34.4 Å². The molecule has 0 unspecified atom stereocenters. The Morgan fingerprint density at radius 1 is 0.903 bits per heavy atom. The Balaban J connectivity index is 1.67. The zero-order chi connectivity index (χ0) is 21.2. The molecule has 0 bridgehead atoms. The van der Waals surface area contributed by atoms with Crippen molar-refractivity contribution in [2.45, 2.75) is 6.92 Å². The van der Waals surface area contributed by atoms with Gasteiger partial charge in [0.1, 0.15) is 5.75 Å². The van der Waals surface area contributed by atoms with E-state index in [1.54, 1.807) is 18.2 Å². The Hall–Kier alpha value is -4.26. The summed E-state index contributed by atoms with van der Waals surface area (Å²) in [6, 6.07) is 24.0. The van der Waals surface area contributed by atoms with Gasteiger partial charge in [0.2, 0.25) is 5.82 Å². The second-order valence-electron chi connectivity index (χ2n) is 6.83. The van der Waals surface area contributed by atoms with Crippen molar-refractivity contribution in [2.75, 3.05) is 6.61 Å². The minimum atomic E-state index is -0.230. The average molecular weight is 410 g/mol. The molecule has 31 heavy (non-hydrogen) atoms. The van der Waals surface area contributed by atoms with E-state index in [9.17, 15) is 4.79 Å². The largest absolute Gasteiger partial charge is 0.494 e. The van der Waals surface area contributed by atoms with Gasteiger partial charge in [-0.25, -0.2) is 0 Å². The third-order valence-corrected chi connectivity index (χ3v) is 4.86. The van der Waals surface area contributed by atoms with Crippen LogP contribution in [0.5, 0.6) is 5.75 Å². The van der Waals surface area contributed by atoms with Crippen LogP contribution in [-0.4, -0.2) is 26.5 Å². The molecule has 7 nitrogen and oxygen atoms in total. The Bertz CT molecular complexity index is 1410. The number of aromatic nitrogens is 4. The van der Waals surface area contributed by atoms with Gasteiger partial charge in [0.25, 0.3) is 11.4 Å². The van der Waals surface area contributed by atoms with Crippen LogP contribution in [0.25, 0.3) is 39.4 Å². The minimum Gasteiger partial charge on any atom is -0.494 e. The fourth-order valence-electron chi connectivity index (χ4n) is 3.40. The Kier molecular flexibility index (Phi) is 4.76. The van der Waals surface area contributed by atoms with Crippen molar-refractivity contribution in [3.05, 3.63) is 89.2 Å². The van der Waals surface area contributed by atoms with Crippen LogP contribution in [0.1, 0.15) is 6.92 Å². The molecule has 0 amide bonds. The van der Waals surface area contributed by atoms with Gasteiger partial charge in [-0.3, -0.25) is 4.79 Å². The van der Waals surface area contributed by atoms with Crippen LogP contribution in [0.3, 0.4) is 0 Å². The molecule has 3 aromatic carbocycles. The quantitative estimate of drug-likeness (QED) is 0.424. The fraction of sp³-hybridized carbons (Fsp3) is 0.0833.